The van der Waals surface area contributed by atoms with E-state index in [4.69, 9.17) is 0 Å². The number of carbonyl (C=O) groups excluding carboxylic acids is 1. The van der Waals surface area contributed by atoms with E-state index in [1.165, 1.54) is 24.8 Å². The summed E-state index contributed by atoms with van der Waals surface area (Å²) in [6.07, 6.45) is 5.37. The second-order valence-electron chi connectivity index (χ2n) is 7.58. The van der Waals surface area contributed by atoms with E-state index in [1.54, 1.807) is 12.1 Å². The molecule has 1 aliphatic carbocycles. The van der Waals surface area contributed by atoms with Gasteiger partial charge >= 0.3 is 0 Å². The van der Waals surface area contributed by atoms with Crippen LogP contribution in [-0.2, 0) is 14.8 Å². The van der Waals surface area contributed by atoms with Crippen molar-refractivity contribution in [1.29, 1.82) is 0 Å². The van der Waals surface area contributed by atoms with E-state index in [0.717, 1.165) is 51.0 Å². The highest BCUT2D eigenvalue weighted by atomic mass is 32.2. The summed E-state index contributed by atoms with van der Waals surface area (Å²) in [5.41, 5.74) is 1.06. The Balaban J connectivity index is 1.49. The third kappa shape index (κ3) is 4.20. The standard InChI is InChI=1S/C19H29N3O3S/c1-21(2)26(24,25)18-8-6-17(7-9-18)22-12-10-15(11-13-22)14-20-19(23)16-4-3-5-16/h6-9,15-16H,3-5,10-14H2,1-2H3,(H,20,23). The molecule has 2 aliphatic rings. The van der Waals surface area contributed by atoms with E-state index in [2.05, 4.69) is 10.2 Å². The first-order valence-corrected chi connectivity index (χ1v) is 10.9. The fourth-order valence-electron chi connectivity index (χ4n) is 3.49. The number of anilines is 1. The molecular formula is C19H29N3O3S. The maximum atomic E-state index is 12.1. The first kappa shape index (κ1) is 19.2. The van der Waals surface area contributed by atoms with Crippen LogP contribution in [0.15, 0.2) is 29.2 Å². The van der Waals surface area contributed by atoms with Crippen LogP contribution in [0.1, 0.15) is 32.1 Å². The number of amides is 1. The maximum absolute atomic E-state index is 12.1. The zero-order valence-electron chi connectivity index (χ0n) is 15.6. The zero-order chi connectivity index (χ0) is 18.7. The average Bonchev–Trinajstić information content (AvgIpc) is 2.59. The summed E-state index contributed by atoms with van der Waals surface area (Å²) in [6, 6.07) is 7.12. The smallest absolute Gasteiger partial charge is 0.242 e. The zero-order valence-corrected chi connectivity index (χ0v) is 16.5. The summed E-state index contributed by atoms with van der Waals surface area (Å²) >= 11 is 0. The molecule has 1 aromatic rings. The summed E-state index contributed by atoms with van der Waals surface area (Å²) in [6.45, 7) is 2.65. The SMILES string of the molecule is CN(C)S(=O)(=O)c1ccc(N2CCC(CNC(=O)C3CCC3)CC2)cc1. The van der Waals surface area contributed by atoms with Crippen molar-refractivity contribution in [2.75, 3.05) is 38.6 Å². The van der Waals surface area contributed by atoms with Crippen LogP contribution in [-0.4, -0.2) is 52.4 Å². The second-order valence-corrected chi connectivity index (χ2v) is 9.74. The summed E-state index contributed by atoms with van der Waals surface area (Å²) in [4.78, 5) is 14.5. The van der Waals surface area contributed by atoms with Crippen molar-refractivity contribution in [3.63, 3.8) is 0 Å². The molecule has 0 unspecified atom stereocenters. The van der Waals surface area contributed by atoms with Crippen LogP contribution in [0.5, 0.6) is 0 Å². The number of sulfonamides is 1. The molecule has 1 saturated heterocycles. The normalized spacial score (nSPS) is 19.4. The summed E-state index contributed by atoms with van der Waals surface area (Å²) in [5, 5.41) is 3.11. The molecule has 144 valence electrons. The molecule has 1 amide bonds. The minimum absolute atomic E-state index is 0.233. The Hall–Kier alpha value is -1.60. The van der Waals surface area contributed by atoms with Crippen molar-refractivity contribution in [3.05, 3.63) is 24.3 Å². The lowest BCUT2D eigenvalue weighted by Gasteiger charge is -2.34. The van der Waals surface area contributed by atoms with Crippen LogP contribution < -0.4 is 10.2 Å². The predicted octanol–water partition coefficient (Wildman–Crippen LogP) is 2.07. The molecule has 26 heavy (non-hydrogen) atoms. The minimum atomic E-state index is -3.38. The van der Waals surface area contributed by atoms with Gasteiger partial charge in [-0.25, -0.2) is 12.7 Å². The molecule has 0 atom stereocenters. The van der Waals surface area contributed by atoms with E-state index in [9.17, 15) is 13.2 Å². The number of nitrogens with zero attached hydrogens (tertiary/aromatic N) is 2. The Kier molecular flexibility index (Phi) is 5.87. The Bertz CT molecular complexity index is 719. The minimum Gasteiger partial charge on any atom is -0.372 e. The third-order valence-corrected chi connectivity index (χ3v) is 7.47. The molecule has 1 saturated carbocycles. The van der Waals surface area contributed by atoms with Crippen LogP contribution in [0.2, 0.25) is 0 Å². The van der Waals surface area contributed by atoms with E-state index in [0.29, 0.717) is 10.8 Å². The molecule has 1 heterocycles. The number of carbonyl (C=O) groups is 1. The first-order valence-electron chi connectivity index (χ1n) is 9.43. The van der Waals surface area contributed by atoms with E-state index in [1.807, 2.05) is 12.1 Å². The summed E-state index contributed by atoms with van der Waals surface area (Å²) in [7, 11) is -0.300. The van der Waals surface area contributed by atoms with Crippen LogP contribution in [0.3, 0.4) is 0 Å². The highest BCUT2D eigenvalue weighted by molar-refractivity contribution is 7.89. The van der Waals surface area contributed by atoms with Crippen molar-refractivity contribution in [1.82, 2.24) is 9.62 Å². The van der Waals surface area contributed by atoms with E-state index >= 15 is 0 Å². The fraction of sp³-hybridized carbons (Fsp3) is 0.632. The van der Waals surface area contributed by atoms with Crippen LogP contribution in [0.25, 0.3) is 0 Å². The molecule has 6 nitrogen and oxygen atoms in total. The van der Waals surface area contributed by atoms with Gasteiger partial charge in [-0.15, -0.1) is 0 Å². The summed E-state index contributed by atoms with van der Waals surface area (Å²) < 4.78 is 25.5. The second kappa shape index (κ2) is 7.96. The van der Waals surface area contributed by atoms with Gasteiger partial charge in [-0.2, -0.15) is 0 Å². The average molecular weight is 380 g/mol. The lowest BCUT2D eigenvalue weighted by molar-refractivity contribution is -0.127. The quantitative estimate of drug-likeness (QED) is 0.821. The Morgan fingerprint density at radius 3 is 2.23 bits per heavy atom. The van der Waals surface area contributed by atoms with E-state index < -0.39 is 10.0 Å². The van der Waals surface area contributed by atoms with Crippen molar-refractivity contribution in [2.45, 2.75) is 37.0 Å². The van der Waals surface area contributed by atoms with Gasteiger partial charge in [-0.3, -0.25) is 4.79 Å². The number of benzene rings is 1. The summed E-state index contributed by atoms with van der Waals surface area (Å²) in [5.74, 6) is 1.02. The number of rotatable bonds is 6. The van der Waals surface area contributed by atoms with Gasteiger partial charge < -0.3 is 10.2 Å². The van der Waals surface area contributed by atoms with Gasteiger partial charge in [0.05, 0.1) is 4.90 Å². The van der Waals surface area contributed by atoms with Gasteiger partial charge in [0.25, 0.3) is 0 Å². The molecule has 0 radical (unpaired) electrons. The molecule has 0 bridgehead atoms. The lowest BCUT2D eigenvalue weighted by Crippen LogP contribution is -2.41. The van der Waals surface area contributed by atoms with Crippen molar-refractivity contribution < 1.29 is 13.2 Å². The van der Waals surface area contributed by atoms with Crippen molar-refractivity contribution in [2.24, 2.45) is 11.8 Å². The molecule has 0 spiro atoms. The van der Waals surface area contributed by atoms with Crippen molar-refractivity contribution >= 4 is 21.6 Å². The molecule has 3 rings (SSSR count). The fourth-order valence-corrected chi connectivity index (χ4v) is 4.40. The van der Waals surface area contributed by atoms with Gasteiger partial charge in [0.1, 0.15) is 0 Å². The van der Waals surface area contributed by atoms with E-state index in [-0.39, 0.29) is 11.8 Å². The van der Waals surface area contributed by atoms with Crippen molar-refractivity contribution in [3.8, 4) is 0 Å². The van der Waals surface area contributed by atoms with Gasteiger partial charge in [0, 0.05) is 45.3 Å². The van der Waals surface area contributed by atoms with Gasteiger partial charge in [0.15, 0.2) is 0 Å². The van der Waals surface area contributed by atoms with Gasteiger partial charge in [0.2, 0.25) is 15.9 Å². The highest BCUT2D eigenvalue weighted by Crippen LogP contribution is 2.27. The number of piperidine rings is 1. The largest absolute Gasteiger partial charge is 0.372 e. The molecule has 2 fully saturated rings. The Morgan fingerprint density at radius 1 is 1.12 bits per heavy atom. The monoisotopic (exact) mass is 379 g/mol. The maximum Gasteiger partial charge on any atom is 0.242 e. The van der Waals surface area contributed by atoms with Gasteiger partial charge in [-0.05, 0) is 55.9 Å². The highest BCUT2D eigenvalue weighted by Gasteiger charge is 2.26. The van der Waals surface area contributed by atoms with Gasteiger partial charge in [-0.1, -0.05) is 6.42 Å². The predicted molar refractivity (Wildman–Crippen MR) is 103 cm³/mol. The third-order valence-electron chi connectivity index (χ3n) is 5.64. The molecule has 7 heteroatoms. The van der Waals surface area contributed by atoms with Crippen LogP contribution in [0.4, 0.5) is 5.69 Å². The lowest BCUT2D eigenvalue weighted by atomic mass is 9.84. The Labute approximate surface area is 156 Å². The Morgan fingerprint density at radius 2 is 1.73 bits per heavy atom. The number of nitrogens with one attached hydrogen (secondary N) is 1. The molecule has 1 aromatic carbocycles. The number of hydrogen-bond acceptors (Lipinski definition) is 4. The molecule has 0 aromatic heterocycles. The van der Waals surface area contributed by atoms with Crippen LogP contribution in [0, 0.1) is 11.8 Å². The number of hydrogen-bond donors (Lipinski definition) is 1. The van der Waals surface area contributed by atoms with Crippen LogP contribution >= 0.6 is 0 Å². The topological polar surface area (TPSA) is 69.7 Å². The molecule has 1 N–H and O–H groups in total. The first-order chi connectivity index (χ1) is 12.4. The molecular weight excluding hydrogens is 350 g/mol. The molecule has 1 aliphatic heterocycles.